The molecule has 0 spiro atoms. The van der Waals surface area contributed by atoms with Crippen molar-refractivity contribution in [3.05, 3.63) is 237 Å². The Morgan fingerprint density at radius 3 is 1.71 bits per heavy atom. The molecule has 0 N–H and O–H groups in total. The van der Waals surface area contributed by atoms with Crippen LogP contribution >= 0.6 is 0 Å². The molecule has 0 radical (unpaired) electrons. The number of rotatable bonds is 6. The van der Waals surface area contributed by atoms with E-state index in [0.29, 0.717) is 5.82 Å². The molecule has 13 rings (SSSR count). The van der Waals surface area contributed by atoms with Gasteiger partial charge in [-0.3, -0.25) is 0 Å². The van der Waals surface area contributed by atoms with Crippen LogP contribution in [0.15, 0.2) is 237 Å². The molecule has 0 aliphatic rings. The highest BCUT2D eigenvalue weighted by Gasteiger charge is 2.19. The quantitative estimate of drug-likeness (QED) is 0.123. The average molecular weight is 826 g/mol. The molecule has 13 aromatic rings. The van der Waals surface area contributed by atoms with E-state index in [-0.39, 0.29) is 0 Å². The topological polar surface area (TPSA) is 30.7 Å². The highest BCUT2D eigenvalue weighted by Crippen LogP contribution is 2.44. The van der Waals surface area contributed by atoms with Crippen LogP contribution in [0.1, 0.15) is 0 Å². The molecule has 0 aliphatic heterocycles. The molecule has 0 bridgehead atoms. The Morgan fingerprint density at radius 2 is 0.877 bits per heavy atom. The van der Waals surface area contributed by atoms with E-state index in [9.17, 15) is 0 Å². The zero-order chi connectivity index (χ0) is 42.8. The summed E-state index contributed by atoms with van der Waals surface area (Å²) in [5.74, 6) is 0.693. The smallest absolute Gasteiger partial charge is 0.160 e. The van der Waals surface area contributed by atoms with Crippen molar-refractivity contribution in [2.24, 2.45) is 0 Å². The lowest BCUT2D eigenvalue weighted by Gasteiger charge is -2.17. The van der Waals surface area contributed by atoms with Crippen LogP contribution in [-0.2, 0) is 0 Å². The van der Waals surface area contributed by atoms with Crippen molar-refractivity contribution in [3.63, 3.8) is 0 Å². The van der Waals surface area contributed by atoms with Gasteiger partial charge in [0, 0.05) is 33.2 Å². The van der Waals surface area contributed by atoms with Gasteiger partial charge in [-0.25, -0.2) is 9.97 Å². The minimum Gasteiger partial charge on any atom is -0.309 e. The number of hydrogen-bond acceptors (Lipinski definition) is 2. The van der Waals surface area contributed by atoms with Crippen LogP contribution in [-0.4, -0.2) is 14.5 Å². The summed E-state index contributed by atoms with van der Waals surface area (Å²) >= 11 is 0. The normalized spacial score (nSPS) is 11.7. The fourth-order valence-corrected chi connectivity index (χ4v) is 10.2. The Kier molecular flexibility index (Phi) is 8.53. The van der Waals surface area contributed by atoms with Crippen LogP contribution in [0, 0.1) is 0 Å². The molecule has 0 amide bonds. The van der Waals surface area contributed by atoms with Crippen molar-refractivity contribution < 1.29 is 0 Å². The van der Waals surface area contributed by atoms with Gasteiger partial charge in [0.15, 0.2) is 5.82 Å². The van der Waals surface area contributed by atoms with Gasteiger partial charge in [0.05, 0.1) is 22.4 Å². The molecular weight excluding hydrogens is 787 g/mol. The first-order chi connectivity index (χ1) is 32.2. The number of para-hydroxylation sites is 2. The molecule has 302 valence electrons. The summed E-state index contributed by atoms with van der Waals surface area (Å²) < 4.78 is 2.36. The number of aromatic nitrogens is 3. The summed E-state index contributed by atoms with van der Waals surface area (Å²) in [7, 11) is 0. The second-order valence-electron chi connectivity index (χ2n) is 16.9. The van der Waals surface area contributed by atoms with Gasteiger partial charge in [0.25, 0.3) is 0 Å². The minimum atomic E-state index is 0.693. The molecular formula is C62H39N3. The molecule has 2 heterocycles. The third-order valence-electron chi connectivity index (χ3n) is 13.2. The molecule has 3 nitrogen and oxygen atoms in total. The van der Waals surface area contributed by atoms with E-state index in [4.69, 9.17) is 9.97 Å². The average Bonchev–Trinajstić information content (AvgIpc) is 3.72. The van der Waals surface area contributed by atoms with Crippen molar-refractivity contribution in [1.82, 2.24) is 14.5 Å². The lowest BCUT2D eigenvalue weighted by atomic mass is 9.86. The van der Waals surface area contributed by atoms with Gasteiger partial charge in [0.2, 0.25) is 0 Å². The Morgan fingerprint density at radius 1 is 0.277 bits per heavy atom. The van der Waals surface area contributed by atoms with Crippen molar-refractivity contribution in [2.45, 2.75) is 0 Å². The zero-order valence-electron chi connectivity index (χ0n) is 35.4. The molecule has 3 heteroatoms. The maximum absolute atomic E-state index is 5.34. The molecule has 0 aliphatic carbocycles. The molecule has 2 aromatic heterocycles. The van der Waals surface area contributed by atoms with E-state index in [0.717, 1.165) is 50.3 Å². The highest BCUT2D eigenvalue weighted by molar-refractivity contribution is 6.23. The Balaban J connectivity index is 0.978. The van der Waals surface area contributed by atoms with Gasteiger partial charge in [-0.2, -0.15) is 0 Å². The van der Waals surface area contributed by atoms with Gasteiger partial charge in [0.1, 0.15) is 0 Å². The van der Waals surface area contributed by atoms with Crippen LogP contribution in [0.5, 0.6) is 0 Å². The number of hydrogen-bond donors (Lipinski definition) is 0. The van der Waals surface area contributed by atoms with E-state index in [2.05, 4.69) is 235 Å². The minimum absolute atomic E-state index is 0.693. The second-order valence-corrected chi connectivity index (χ2v) is 16.9. The summed E-state index contributed by atoms with van der Waals surface area (Å²) in [5, 5.41) is 12.3. The SMILES string of the molecule is c1ccc(-c2nc(-c3cccc(-c4ccc5c(c4)c4ccccc4n5-c4ccccc4)c3)cc(-c3ccc(-c4c5ccccc5cc5c4ccc4ccccc45)c4ccccc34)n2)cc1. The lowest BCUT2D eigenvalue weighted by molar-refractivity contribution is 1.18. The highest BCUT2D eigenvalue weighted by atomic mass is 15.0. The van der Waals surface area contributed by atoms with Crippen LogP contribution in [0.3, 0.4) is 0 Å². The second kappa shape index (κ2) is 15.0. The first-order valence-corrected chi connectivity index (χ1v) is 22.2. The Hall–Kier alpha value is -8.66. The molecule has 0 unspecified atom stereocenters. The summed E-state index contributed by atoms with van der Waals surface area (Å²) in [6.07, 6.45) is 0. The fraction of sp³-hybridized carbons (Fsp3) is 0. The van der Waals surface area contributed by atoms with Gasteiger partial charge >= 0.3 is 0 Å². The first kappa shape index (κ1) is 36.9. The van der Waals surface area contributed by atoms with Gasteiger partial charge in [-0.05, 0) is 114 Å². The number of benzene rings is 11. The summed E-state index contributed by atoms with van der Waals surface area (Å²) in [6, 6.07) is 85.3. The van der Waals surface area contributed by atoms with Gasteiger partial charge in [-0.1, -0.05) is 188 Å². The van der Waals surface area contributed by atoms with E-state index in [1.807, 2.05) is 6.07 Å². The van der Waals surface area contributed by atoms with Crippen LogP contribution < -0.4 is 0 Å². The fourth-order valence-electron chi connectivity index (χ4n) is 10.2. The third-order valence-corrected chi connectivity index (χ3v) is 13.2. The van der Waals surface area contributed by atoms with Crippen molar-refractivity contribution >= 4 is 64.9 Å². The molecule has 0 atom stereocenters. The van der Waals surface area contributed by atoms with E-state index in [1.165, 1.54) is 70.6 Å². The lowest BCUT2D eigenvalue weighted by Crippen LogP contribution is -1.97. The molecule has 11 aromatic carbocycles. The molecule has 0 saturated carbocycles. The van der Waals surface area contributed by atoms with Crippen molar-refractivity contribution in [3.8, 4) is 61.8 Å². The summed E-state index contributed by atoms with van der Waals surface area (Å²) in [5.41, 5.74) is 13.1. The van der Waals surface area contributed by atoms with Crippen LogP contribution in [0.4, 0.5) is 0 Å². The Bertz CT molecular complexity index is 4000. The predicted octanol–water partition coefficient (Wildman–Crippen LogP) is 16.5. The standard InChI is InChI=1S/C62H39N3/c1-3-17-41(18-4-1)62-63-57(45-21-15-20-42(36-45)43-31-35-60-56(37-43)52-28-13-14-29-59(52)65(60)46-22-5-2-6-23-46)39-58(64-62)51-33-34-53(50-27-12-11-26-49(50)51)61-48-25-10-8-19-44(48)38-55-47-24-9-7-16-40(47)30-32-54(55)61/h1-39H. The maximum Gasteiger partial charge on any atom is 0.160 e. The van der Waals surface area contributed by atoms with Gasteiger partial charge in [-0.15, -0.1) is 0 Å². The number of nitrogens with zero attached hydrogens (tertiary/aromatic N) is 3. The molecule has 0 saturated heterocycles. The van der Waals surface area contributed by atoms with Crippen LogP contribution in [0.25, 0.3) is 127 Å². The molecule has 0 fully saturated rings. The summed E-state index contributed by atoms with van der Waals surface area (Å²) in [6.45, 7) is 0. The maximum atomic E-state index is 5.34. The number of fused-ring (bicyclic) bond motifs is 8. The van der Waals surface area contributed by atoms with E-state index >= 15 is 0 Å². The zero-order valence-corrected chi connectivity index (χ0v) is 35.4. The van der Waals surface area contributed by atoms with Crippen molar-refractivity contribution in [2.75, 3.05) is 0 Å². The third kappa shape index (κ3) is 6.12. The van der Waals surface area contributed by atoms with E-state index < -0.39 is 0 Å². The first-order valence-electron chi connectivity index (χ1n) is 22.2. The van der Waals surface area contributed by atoms with Crippen molar-refractivity contribution in [1.29, 1.82) is 0 Å². The van der Waals surface area contributed by atoms with E-state index in [1.54, 1.807) is 0 Å². The Labute approximate surface area is 376 Å². The summed E-state index contributed by atoms with van der Waals surface area (Å²) in [4.78, 5) is 10.6. The largest absolute Gasteiger partial charge is 0.309 e. The van der Waals surface area contributed by atoms with Gasteiger partial charge < -0.3 is 4.57 Å². The molecule has 65 heavy (non-hydrogen) atoms. The van der Waals surface area contributed by atoms with Crippen LogP contribution in [0.2, 0.25) is 0 Å². The predicted molar refractivity (Wildman–Crippen MR) is 274 cm³/mol. The monoisotopic (exact) mass is 825 g/mol.